The first-order chi connectivity index (χ1) is 15.4. The van der Waals surface area contributed by atoms with Crippen LogP contribution in [-0.4, -0.2) is 21.4 Å². The van der Waals surface area contributed by atoms with Crippen molar-refractivity contribution in [3.63, 3.8) is 0 Å². The van der Waals surface area contributed by atoms with Gasteiger partial charge in [-0.2, -0.15) is 0 Å². The van der Waals surface area contributed by atoms with E-state index in [0.29, 0.717) is 40.5 Å². The number of hydrogen-bond donors (Lipinski definition) is 1. The van der Waals surface area contributed by atoms with Crippen LogP contribution in [0.3, 0.4) is 0 Å². The van der Waals surface area contributed by atoms with Crippen LogP contribution in [0.2, 0.25) is 5.02 Å². The fraction of sp³-hybridized carbons (Fsp3) is 0.240. The van der Waals surface area contributed by atoms with Gasteiger partial charge in [-0.1, -0.05) is 11.6 Å². The average Bonchev–Trinajstić information content (AvgIpc) is 2.78. The third-order valence-corrected chi connectivity index (χ3v) is 6.38. The van der Waals surface area contributed by atoms with Gasteiger partial charge in [0.15, 0.2) is 17.1 Å². The zero-order valence-electron chi connectivity index (χ0n) is 18.0. The van der Waals surface area contributed by atoms with Gasteiger partial charge in [0.25, 0.3) is 0 Å². The number of benzene rings is 2. The van der Waals surface area contributed by atoms with Crippen LogP contribution in [0.25, 0.3) is 22.4 Å². The first kappa shape index (κ1) is 20.7. The largest absolute Gasteiger partial charge is 0.440 e. The summed E-state index contributed by atoms with van der Waals surface area (Å²) in [7, 11) is 0. The molecule has 4 aromatic rings. The molecule has 2 N–H and O–H groups in total. The number of rotatable bonds is 3. The predicted molar refractivity (Wildman–Crippen MR) is 127 cm³/mol. The highest BCUT2D eigenvalue weighted by Gasteiger charge is 2.22. The maximum atomic E-state index is 13.2. The number of fused-ring (bicyclic) bond motifs is 2. The van der Waals surface area contributed by atoms with E-state index < -0.39 is 0 Å². The molecule has 0 saturated heterocycles. The van der Waals surface area contributed by atoms with Gasteiger partial charge in [-0.3, -0.25) is 9.69 Å². The van der Waals surface area contributed by atoms with Gasteiger partial charge in [0, 0.05) is 48.4 Å². The van der Waals surface area contributed by atoms with Crippen molar-refractivity contribution in [2.24, 2.45) is 0 Å². The normalized spacial score (nSPS) is 14.0. The summed E-state index contributed by atoms with van der Waals surface area (Å²) >= 11 is 5.98. The van der Waals surface area contributed by atoms with Crippen molar-refractivity contribution in [2.75, 3.05) is 12.3 Å². The van der Waals surface area contributed by atoms with Crippen molar-refractivity contribution in [3.05, 3.63) is 85.8 Å². The number of aromatic nitrogens is 2. The Bertz CT molecular complexity index is 1400. The summed E-state index contributed by atoms with van der Waals surface area (Å²) in [5.74, 6) is 0.879. The van der Waals surface area contributed by atoms with E-state index in [1.807, 2.05) is 56.4 Å². The molecule has 0 saturated carbocycles. The molecule has 162 valence electrons. The van der Waals surface area contributed by atoms with Crippen molar-refractivity contribution in [3.8, 4) is 11.4 Å². The van der Waals surface area contributed by atoms with Crippen molar-refractivity contribution >= 4 is 28.5 Å². The Balaban J connectivity index is 1.41. The molecule has 1 aliphatic rings. The number of aryl methyl sites for hydroxylation is 2. The molecule has 0 radical (unpaired) electrons. The molecule has 3 heterocycles. The maximum absolute atomic E-state index is 13.2. The van der Waals surface area contributed by atoms with E-state index >= 15 is 0 Å². The molecule has 0 aliphatic carbocycles. The first-order valence-corrected chi connectivity index (χ1v) is 10.9. The SMILES string of the molecule is Cc1cc2oc(N)c(CN3CCc4nc(-c5ccc(Cl)cc5)ncc4C3)c(=O)c2cc1C. The van der Waals surface area contributed by atoms with E-state index in [1.165, 1.54) is 0 Å². The van der Waals surface area contributed by atoms with Gasteiger partial charge in [-0.05, 0) is 61.4 Å². The Hall–Kier alpha value is -3.22. The molecule has 0 amide bonds. The molecule has 32 heavy (non-hydrogen) atoms. The van der Waals surface area contributed by atoms with Gasteiger partial charge in [0.05, 0.1) is 16.6 Å². The Morgan fingerprint density at radius 2 is 1.91 bits per heavy atom. The summed E-state index contributed by atoms with van der Waals surface area (Å²) in [6.07, 6.45) is 2.65. The third kappa shape index (κ3) is 3.76. The minimum atomic E-state index is -0.0630. The summed E-state index contributed by atoms with van der Waals surface area (Å²) in [4.78, 5) is 24.6. The number of anilines is 1. The molecule has 0 bridgehead atoms. The summed E-state index contributed by atoms with van der Waals surface area (Å²) in [5, 5.41) is 1.26. The van der Waals surface area contributed by atoms with Crippen LogP contribution in [0.4, 0.5) is 5.88 Å². The quantitative estimate of drug-likeness (QED) is 0.492. The predicted octanol–water partition coefficient (Wildman–Crippen LogP) is 4.66. The molecule has 0 atom stereocenters. The monoisotopic (exact) mass is 446 g/mol. The second kappa shape index (κ2) is 8.04. The minimum Gasteiger partial charge on any atom is -0.440 e. The van der Waals surface area contributed by atoms with Crippen LogP contribution in [-0.2, 0) is 19.5 Å². The van der Waals surface area contributed by atoms with Crippen LogP contribution in [0.5, 0.6) is 0 Å². The lowest BCUT2D eigenvalue weighted by molar-refractivity contribution is 0.241. The molecule has 0 fully saturated rings. The summed E-state index contributed by atoms with van der Waals surface area (Å²) in [5.41, 5.74) is 12.3. The van der Waals surface area contributed by atoms with E-state index in [4.69, 9.17) is 26.7 Å². The summed E-state index contributed by atoms with van der Waals surface area (Å²) in [6, 6.07) is 11.3. The number of nitrogens with zero attached hydrogens (tertiary/aromatic N) is 3. The number of nitrogen functional groups attached to an aromatic ring is 1. The van der Waals surface area contributed by atoms with Crippen molar-refractivity contribution in [2.45, 2.75) is 33.4 Å². The Morgan fingerprint density at radius 1 is 1.16 bits per heavy atom. The molecule has 0 spiro atoms. The van der Waals surface area contributed by atoms with Gasteiger partial charge in [-0.15, -0.1) is 0 Å². The van der Waals surface area contributed by atoms with E-state index in [9.17, 15) is 4.79 Å². The molecule has 5 rings (SSSR count). The molecular weight excluding hydrogens is 424 g/mol. The lowest BCUT2D eigenvalue weighted by atomic mass is 10.0. The van der Waals surface area contributed by atoms with Crippen LogP contribution in [0.15, 0.2) is 51.8 Å². The van der Waals surface area contributed by atoms with Crippen molar-refractivity contribution < 1.29 is 4.42 Å². The van der Waals surface area contributed by atoms with E-state index in [-0.39, 0.29) is 11.3 Å². The van der Waals surface area contributed by atoms with Gasteiger partial charge in [0.1, 0.15) is 5.58 Å². The van der Waals surface area contributed by atoms with Gasteiger partial charge < -0.3 is 10.2 Å². The number of nitrogens with two attached hydrogens (primary N) is 1. The fourth-order valence-electron chi connectivity index (χ4n) is 4.13. The van der Waals surface area contributed by atoms with Crippen LogP contribution >= 0.6 is 11.6 Å². The lowest BCUT2D eigenvalue weighted by Crippen LogP contribution is -2.33. The highest BCUT2D eigenvalue weighted by molar-refractivity contribution is 6.30. The molecule has 2 aromatic carbocycles. The standard InChI is InChI=1S/C25H23ClN4O2/c1-14-9-19-22(10-15(14)2)32-24(27)20(23(19)31)13-30-8-7-21-17(12-30)11-28-25(29-21)16-3-5-18(26)6-4-16/h3-6,9-11H,7-8,12-13,27H2,1-2H3. The topological polar surface area (TPSA) is 85.2 Å². The van der Waals surface area contributed by atoms with Gasteiger partial charge in [0.2, 0.25) is 0 Å². The minimum absolute atomic E-state index is 0.0630. The molecule has 6 nitrogen and oxygen atoms in total. The summed E-state index contributed by atoms with van der Waals surface area (Å²) < 4.78 is 5.81. The van der Waals surface area contributed by atoms with E-state index in [0.717, 1.165) is 40.9 Å². The van der Waals surface area contributed by atoms with E-state index in [1.54, 1.807) is 0 Å². The number of hydrogen-bond acceptors (Lipinski definition) is 6. The molecule has 7 heteroatoms. The second-order valence-corrected chi connectivity index (χ2v) is 8.78. The lowest BCUT2D eigenvalue weighted by Gasteiger charge is -2.28. The van der Waals surface area contributed by atoms with Crippen molar-refractivity contribution in [1.82, 2.24) is 14.9 Å². The van der Waals surface area contributed by atoms with Crippen LogP contribution in [0, 0.1) is 13.8 Å². The van der Waals surface area contributed by atoms with E-state index in [2.05, 4.69) is 9.88 Å². The molecule has 1 aliphatic heterocycles. The van der Waals surface area contributed by atoms with Gasteiger partial charge >= 0.3 is 0 Å². The second-order valence-electron chi connectivity index (χ2n) is 8.34. The highest BCUT2D eigenvalue weighted by Crippen LogP contribution is 2.25. The zero-order chi connectivity index (χ0) is 22.4. The van der Waals surface area contributed by atoms with Crippen molar-refractivity contribution in [1.29, 1.82) is 0 Å². The zero-order valence-corrected chi connectivity index (χ0v) is 18.7. The third-order valence-electron chi connectivity index (χ3n) is 6.13. The highest BCUT2D eigenvalue weighted by atomic mass is 35.5. The van der Waals surface area contributed by atoms with Crippen LogP contribution in [0.1, 0.15) is 27.9 Å². The smallest absolute Gasteiger partial charge is 0.199 e. The Kier molecular flexibility index (Phi) is 5.19. The summed E-state index contributed by atoms with van der Waals surface area (Å²) in [6.45, 7) is 5.83. The molecule has 2 aromatic heterocycles. The van der Waals surface area contributed by atoms with Gasteiger partial charge in [-0.25, -0.2) is 9.97 Å². The Labute approximate surface area is 190 Å². The number of halogens is 1. The molecular formula is C25H23ClN4O2. The molecule has 0 unspecified atom stereocenters. The Morgan fingerprint density at radius 3 is 2.69 bits per heavy atom. The average molecular weight is 447 g/mol. The first-order valence-electron chi connectivity index (χ1n) is 10.5. The van der Waals surface area contributed by atoms with Crippen LogP contribution < -0.4 is 11.2 Å². The fourth-order valence-corrected chi connectivity index (χ4v) is 4.25. The maximum Gasteiger partial charge on any atom is 0.199 e.